The molecule has 4 heteroatoms. The molecule has 0 saturated heterocycles. The third-order valence-electron chi connectivity index (χ3n) is 4.21. The summed E-state index contributed by atoms with van der Waals surface area (Å²) in [7, 11) is 4.14. The molecule has 0 amide bonds. The number of aliphatic carboxylic acids is 1. The molecule has 0 radical (unpaired) electrons. The van der Waals surface area contributed by atoms with Crippen molar-refractivity contribution < 1.29 is 9.90 Å². The molecule has 2 rings (SSSR count). The number of hydrogen-bond acceptors (Lipinski definition) is 3. The van der Waals surface area contributed by atoms with Gasteiger partial charge in [-0.1, -0.05) is 36.8 Å². The van der Waals surface area contributed by atoms with Crippen LogP contribution in [0.5, 0.6) is 0 Å². The number of likely N-dealkylation sites (N-methyl/N-ethyl adjacent to an activating group) is 1. The third-order valence-corrected chi connectivity index (χ3v) is 4.21. The molecule has 1 aromatic carbocycles. The van der Waals surface area contributed by atoms with E-state index in [1.807, 2.05) is 6.07 Å². The van der Waals surface area contributed by atoms with E-state index in [4.69, 9.17) is 0 Å². The fourth-order valence-corrected chi connectivity index (χ4v) is 3.15. The summed E-state index contributed by atoms with van der Waals surface area (Å²) in [6, 6.07) is 11.0. The fourth-order valence-electron chi connectivity index (χ4n) is 3.15. The van der Waals surface area contributed by atoms with Crippen LogP contribution in [0, 0.1) is 5.92 Å². The third kappa shape index (κ3) is 4.83. The number of nitrogens with zero attached hydrogens (tertiary/aromatic N) is 1. The first kappa shape index (κ1) is 16.0. The molecule has 4 nitrogen and oxygen atoms in total. The van der Waals surface area contributed by atoms with Gasteiger partial charge in [-0.3, -0.25) is 4.79 Å². The van der Waals surface area contributed by atoms with Crippen molar-refractivity contribution in [2.45, 2.75) is 37.8 Å². The molecule has 1 aliphatic rings. The Hall–Kier alpha value is -1.39. The topological polar surface area (TPSA) is 52.6 Å². The van der Waals surface area contributed by atoms with Gasteiger partial charge in [0.1, 0.15) is 0 Å². The molecule has 1 saturated carbocycles. The van der Waals surface area contributed by atoms with Crippen LogP contribution in [0.25, 0.3) is 0 Å². The SMILES string of the molecule is CN(C)CC(NC1CCCC(C(=O)O)C1)c1ccccc1. The first-order chi connectivity index (χ1) is 10.1. The lowest BCUT2D eigenvalue weighted by Crippen LogP contribution is -2.41. The number of carboxylic acid groups (broad SMARTS) is 1. The zero-order valence-corrected chi connectivity index (χ0v) is 13.0. The standard InChI is InChI=1S/C17H26N2O2/c1-19(2)12-16(13-7-4-3-5-8-13)18-15-10-6-9-14(11-15)17(20)21/h3-5,7-8,14-16,18H,6,9-12H2,1-2H3,(H,20,21). The van der Waals surface area contributed by atoms with E-state index in [0.29, 0.717) is 6.04 Å². The average molecular weight is 290 g/mol. The number of nitrogens with one attached hydrogen (secondary N) is 1. The predicted molar refractivity (Wildman–Crippen MR) is 84.3 cm³/mol. The van der Waals surface area contributed by atoms with Crippen LogP contribution in [0.15, 0.2) is 30.3 Å². The highest BCUT2D eigenvalue weighted by Gasteiger charge is 2.28. The first-order valence-corrected chi connectivity index (χ1v) is 7.75. The van der Waals surface area contributed by atoms with Crippen molar-refractivity contribution in [2.75, 3.05) is 20.6 Å². The summed E-state index contributed by atoms with van der Waals surface area (Å²) in [6.45, 7) is 0.915. The second-order valence-electron chi connectivity index (χ2n) is 6.29. The molecule has 0 bridgehead atoms. The van der Waals surface area contributed by atoms with Crippen LogP contribution in [-0.2, 0) is 4.79 Å². The Balaban J connectivity index is 2.03. The molecule has 1 aliphatic carbocycles. The molecule has 21 heavy (non-hydrogen) atoms. The van der Waals surface area contributed by atoms with Crippen molar-refractivity contribution >= 4 is 5.97 Å². The molecule has 3 atom stereocenters. The van der Waals surface area contributed by atoms with Gasteiger partial charge in [0.25, 0.3) is 0 Å². The van der Waals surface area contributed by atoms with Crippen LogP contribution in [0.4, 0.5) is 0 Å². The highest BCUT2D eigenvalue weighted by molar-refractivity contribution is 5.70. The van der Waals surface area contributed by atoms with E-state index in [2.05, 4.69) is 48.6 Å². The first-order valence-electron chi connectivity index (χ1n) is 7.75. The van der Waals surface area contributed by atoms with Gasteiger partial charge in [-0.15, -0.1) is 0 Å². The molecular weight excluding hydrogens is 264 g/mol. The number of hydrogen-bond donors (Lipinski definition) is 2. The van der Waals surface area contributed by atoms with E-state index >= 15 is 0 Å². The summed E-state index contributed by atoms with van der Waals surface area (Å²) in [4.78, 5) is 13.4. The van der Waals surface area contributed by atoms with Gasteiger partial charge in [0, 0.05) is 18.6 Å². The number of carboxylic acids is 1. The minimum Gasteiger partial charge on any atom is -0.481 e. The number of carbonyl (C=O) groups is 1. The van der Waals surface area contributed by atoms with Gasteiger partial charge in [-0.25, -0.2) is 0 Å². The van der Waals surface area contributed by atoms with Crippen LogP contribution in [-0.4, -0.2) is 42.7 Å². The van der Waals surface area contributed by atoms with Gasteiger partial charge in [-0.2, -0.15) is 0 Å². The molecule has 1 aromatic rings. The largest absolute Gasteiger partial charge is 0.481 e. The van der Waals surface area contributed by atoms with E-state index in [1.165, 1.54) is 5.56 Å². The zero-order valence-electron chi connectivity index (χ0n) is 13.0. The zero-order chi connectivity index (χ0) is 15.2. The summed E-state index contributed by atoms with van der Waals surface area (Å²) >= 11 is 0. The molecule has 0 aliphatic heterocycles. The van der Waals surface area contributed by atoms with E-state index in [-0.39, 0.29) is 12.0 Å². The Morgan fingerprint density at radius 3 is 2.67 bits per heavy atom. The van der Waals surface area contributed by atoms with Crippen LogP contribution in [0.3, 0.4) is 0 Å². The molecule has 116 valence electrons. The van der Waals surface area contributed by atoms with Crippen LogP contribution in [0.1, 0.15) is 37.3 Å². The molecule has 0 aromatic heterocycles. The highest BCUT2D eigenvalue weighted by Crippen LogP contribution is 2.26. The normalized spacial score (nSPS) is 24.0. The van der Waals surface area contributed by atoms with E-state index in [9.17, 15) is 9.90 Å². The van der Waals surface area contributed by atoms with Crippen LogP contribution >= 0.6 is 0 Å². The molecule has 0 heterocycles. The maximum atomic E-state index is 11.2. The maximum absolute atomic E-state index is 11.2. The number of rotatable bonds is 6. The summed E-state index contributed by atoms with van der Waals surface area (Å²) in [5.41, 5.74) is 1.27. The molecule has 3 unspecified atom stereocenters. The highest BCUT2D eigenvalue weighted by atomic mass is 16.4. The Kier molecular flexibility index (Phi) is 5.76. The fraction of sp³-hybridized carbons (Fsp3) is 0.588. The summed E-state index contributed by atoms with van der Waals surface area (Å²) in [5.74, 6) is -0.836. The molecule has 2 N–H and O–H groups in total. The molecule has 1 fully saturated rings. The minimum absolute atomic E-state index is 0.188. The quantitative estimate of drug-likeness (QED) is 0.845. The van der Waals surface area contributed by atoms with E-state index < -0.39 is 5.97 Å². The molecule has 0 spiro atoms. The predicted octanol–water partition coefficient (Wildman–Crippen LogP) is 2.52. The van der Waals surface area contributed by atoms with Crippen molar-refractivity contribution in [3.8, 4) is 0 Å². The average Bonchev–Trinajstić information content (AvgIpc) is 2.47. The van der Waals surface area contributed by atoms with E-state index in [1.54, 1.807) is 0 Å². The van der Waals surface area contributed by atoms with Gasteiger partial charge < -0.3 is 15.3 Å². The van der Waals surface area contributed by atoms with Gasteiger partial charge in [-0.05, 0) is 38.9 Å². The van der Waals surface area contributed by atoms with Crippen molar-refractivity contribution in [1.82, 2.24) is 10.2 Å². The number of benzene rings is 1. The lowest BCUT2D eigenvalue weighted by atomic mass is 9.85. The second-order valence-corrected chi connectivity index (χ2v) is 6.29. The Morgan fingerprint density at radius 2 is 2.05 bits per heavy atom. The monoisotopic (exact) mass is 290 g/mol. The van der Waals surface area contributed by atoms with E-state index in [0.717, 1.165) is 32.2 Å². The van der Waals surface area contributed by atoms with Gasteiger partial charge in [0.15, 0.2) is 0 Å². The van der Waals surface area contributed by atoms with Gasteiger partial charge >= 0.3 is 5.97 Å². The van der Waals surface area contributed by atoms with Crippen LogP contribution in [0.2, 0.25) is 0 Å². The lowest BCUT2D eigenvalue weighted by molar-refractivity contribution is -0.143. The van der Waals surface area contributed by atoms with Crippen molar-refractivity contribution in [3.05, 3.63) is 35.9 Å². The Morgan fingerprint density at radius 1 is 1.33 bits per heavy atom. The maximum Gasteiger partial charge on any atom is 0.306 e. The van der Waals surface area contributed by atoms with Crippen LogP contribution < -0.4 is 5.32 Å². The molecular formula is C17H26N2O2. The summed E-state index contributed by atoms with van der Waals surface area (Å²) in [6.07, 6.45) is 3.63. The van der Waals surface area contributed by atoms with Crippen molar-refractivity contribution in [2.24, 2.45) is 5.92 Å². The Labute approximate surface area is 127 Å². The summed E-state index contributed by atoms with van der Waals surface area (Å²) < 4.78 is 0. The Bertz CT molecular complexity index is 447. The van der Waals surface area contributed by atoms with Crippen molar-refractivity contribution in [1.29, 1.82) is 0 Å². The minimum atomic E-state index is -0.648. The summed E-state index contributed by atoms with van der Waals surface area (Å²) in [5, 5.41) is 12.9. The van der Waals surface area contributed by atoms with Gasteiger partial charge in [0.05, 0.1) is 5.92 Å². The second kappa shape index (κ2) is 7.57. The smallest absolute Gasteiger partial charge is 0.306 e. The van der Waals surface area contributed by atoms with Gasteiger partial charge in [0.2, 0.25) is 0 Å². The van der Waals surface area contributed by atoms with Crippen molar-refractivity contribution in [3.63, 3.8) is 0 Å². The lowest BCUT2D eigenvalue weighted by Gasteiger charge is -2.32.